The van der Waals surface area contributed by atoms with Crippen LogP contribution in [0.25, 0.3) is 6.08 Å². The number of aliphatic hydroxyl groups is 1. The van der Waals surface area contributed by atoms with Crippen molar-refractivity contribution in [2.45, 2.75) is 12.5 Å². The molecule has 0 fully saturated rings. The zero-order valence-corrected chi connectivity index (χ0v) is 7.63. The molecule has 0 saturated carbocycles. The van der Waals surface area contributed by atoms with Gasteiger partial charge in [0.2, 0.25) is 0 Å². The molecule has 1 atom stereocenters. The lowest BCUT2D eigenvalue weighted by molar-refractivity contribution is -0.138. The predicted molar refractivity (Wildman–Crippen MR) is 53.7 cm³/mol. The van der Waals surface area contributed by atoms with Crippen molar-refractivity contribution in [1.82, 2.24) is 0 Å². The van der Waals surface area contributed by atoms with E-state index >= 15 is 0 Å². The largest absolute Gasteiger partial charge is 0.481 e. The Labute approximate surface area is 82.3 Å². The molecule has 14 heavy (non-hydrogen) atoms. The van der Waals surface area contributed by atoms with Gasteiger partial charge in [-0.2, -0.15) is 0 Å². The molecule has 3 heteroatoms. The van der Waals surface area contributed by atoms with E-state index in [4.69, 9.17) is 5.11 Å². The number of aliphatic hydroxyl groups excluding tert-OH is 1. The van der Waals surface area contributed by atoms with E-state index in [0.29, 0.717) is 0 Å². The fourth-order valence-electron chi connectivity index (χ4n) is 1.03. The molecule has 1 rings (SSSR count). The number of carboxylic acid groups (broad SMARTS) is 1. The maximum atomic E-state index is 10.2. The van der Waals surface area contributed by atoms with Crippen LogP contribution in [0.2, 0.25) is 0 Å². The fraction of sp³-hybridized carbons (Fsp3) is 0.182. The number of hydrogen-bond donors (Lipinski definition) is 2. The fourth-order valence-corrected chi connectivity index (χ4v) is 1.03. The molecule has 0 bridgehead atoms. The van der Waals surface area contributed by atoms with Gasteiger partial charge < -0.3 is 10.2 Å². The van der Waals surface area contributed by atoms with Crippen molar-refractivity contribution in [3.63, 3.8) is 0 Å². The summed E-state index contributed by atoms with van der Waals surface area (Å²) >= 11 is 0. The van der Waals surface area contributed by atoms with Crippen molar-refractivity contribution in [1.29, 1.82) is 0 Å². The maximum Gasteiger partial charge on any atom is 0.306 e. The van der Waals surface area contributed by atoms with Crippen molar-refractivity contribution >= 4 is 12.0 Å². The van der Waals surface area contributed by atoms with Gasteiger partial charge in [0, 0.05) is 0 Å². The summed E-state index contributed by atoms with van der Waals surface area (Å²) in [5.41, 5.74) is 0.942. The van der Waals surface area contributed by atoms with E-state index in [2.05, 4.69) is 0 Å². The Hall–Kier alpha value is -1.61. The van der Waals surface area contributed by atoms with Crippen LogP contribution in [0, 0.1) is 0 Å². The molecule has 74 valence electrons. The molecular formula is C11H12O3. The minimum absolute atomic E-state index is 0.261. The summed E-state index contributed by atoms with van der Waals surface area (Å²) in [6.07, 6.45) is 1.99. The Kier molecular flexibility index (Phi) is 3.88. The molecule has 1 aromatic rings. The molecule has 1 aromatic carbocycles. The molecular weight excluding hydrogens is 180 g/mol. The van der Waals surface area contributed by atoms with Crippen molar-refractivity contribution in [3.05, 3.63) is 42.0 Å². The number of benzene rings is 1. The van der Waals surface area contributed by atoms with Gasteiger partial charge in [-0.3, -0.25) is 4.79 Å². The molecule has 0 radical (unpaired) electrons. The van der Waals surface area contributed by atoms with Crippen molar-refractivity contribution < 1.29 is 15.0 Å². The lowest BCUT2D eigenvalue weighted by Gasteiger charge is -1.99. The Morgan fingerprint density at radius 1 is 1.36 bits per heavy atom. The minimum atomic E-state index is -1.00. The summed E-state index contributed by atoms with van der Waals surface area (Å²) in [4.78, 5) is 10.2. The summed E-state index contributed by atoms with van der Waals surface area (Å²) in [6, 6.07) is 9.41. The van der Waals surface area contributed by atoms with Crippen molar-refractivity contribution in [2.75, 3.05) is 0 Å². The van der Waals surface area contributed by atoms with E-state index in [1.807, 2.05) is 30.3 Å². The number of aliphatic carboxylic acids is 1. The summed E-state index contributed by atoms with van der Waals surface area (Å²) in [5.74, 6) is -1.00. The molecule has 0 amide bonds. The van der Waals surface area contributed by atoms with Gasteiger partial charge in [0.05, 0.1) is 12.5 Å². The SMILES string of the molecule is O=C(O)CC(O)C=Cc1ccccc1. The Morgan fingerprint density at radius 3 is 2.57 bits per heavy atom. The number of rotatable bonds is 4. The van der Waals surface area contributed by atoms with Gasteiger partial charge in [-0.15, -0.1) is 0 Å². The first-order valence-corrected chi connectivity index (χ1v) is 4.31. The van der Waals surface area contributed by atoms with E-state index in [0.717, 1.165) is 5.56 Å². The van der Waals surface area contributed by atoms with Gasteiger partial charge in [-0.1, -0.05) is 42.5 Å². The van der Waals surface area contributed by atoms with Crippen LogP contribution in [0.15, 0.2) is 36.4 Å². The third-order valence-electron chi connectivity index (χ3n) is 1.69. The van der Waals surface area contributed by atoms with E-state index < -0.39 is 12.1 Å². The highest BCUT2D eigenvalue weighted by Crippen LogP contribution is 2.03. The van der Waals surface area contributed by atoms with Crippen LogP contribution in [-0.2, 0) is 4.79 Å². The topological polar surface area (TPSA) is 57.5 Å². The first-order chi connectivity index (χ1) is 6.68. The second-order valence-corrected chi connectivity index (χ2v) is 2.94. The first kappa shape index (κ1) is 10.5. The second-order valence-electron chi connectivity index (χ2n) is 2.94. The summed E-state index contributed by atoms with van der Waals surface area (Å²) in [7, 11) is 0. The molecule has 3 nitrogen and oxygen atoms in total. The van der Waals surface area contributed by atoms with E-state index in [-0.39, 0.29) is 6.42 Å². The Morgan fingerprint density at radius 2 is 2.00 bits per heavy atom. The van der Waals surface area contributed by atoms with Crippen LogP contribution in [0.1, 0.15) is 12.0 Å². The third-order valence-corrected chi connectivity index (χ3v) is 1.69. The van der Waals surface area contributed by atoms with Crippen LogP contribution in [0.5, 0.6) is 0 Å². The summed E-state index contributed by atoms with van der Waals surface area (Å²) < 4.78 is 0. The molecule has 0 aromatic heterocycles. The smallest absolute Gasteiger partial charge is 0.306 e. The third kappa shape index (κ3) is 3.87. The Balaban J connectivity index is 2.52. The van der Waals surface area contributed by atoms with Crippen LogP contribution in [-0.4, -0.2) is 22.3 Å². The monoisotopic (exact) mass is 192 g/mol. The normalized spacial score (nSPS) is 12.9. The van der Waals surface area contributed by atoms with Gasteiger partial charge in [-0.25, -0.2) is 0 Å². The maximum absolute atomic E-state index is 10.2. The summed E-state index contributed by atoms with van der Waals surface area (Å²) in [5, 5.41) is 17.6. The quantitative estimate of drug-likeness (QED) is 0.760. The average molecular weight is 192 g/mol. The van der Waals surface area contributed by atoms with Gasteiger partial charge >= 0.3 is 5.97 Å². The number of carbonyl (C=O) groups is 1. The number of carboxylic acids is 1. The highest BCUT2D eigenvalue weighted by molar-refractivity contribution is 5.68. The van der Waals surface area contributed by atoms with Crippen LogP contribution in [0.4, 0.5) is 0 Å². The van der Waals surface area contributed by atoms with Gasteiger partial charge in [0.25, 0.3) is 0 Å². The highest BCUT2D eigenvalue weighted by atomic mass is 16.4. The van der Waals surface area contributed by atoms with Crippen molar-refractivity contribution in [3.8, 4) is 0 Å². The molecule has 0 saturated heterocycles. The lowest BCUT2D eigenvalue weighted by Crippen LogP contribution is -2.09. The zero-order valence-electron chi connectivity index (χ0n) is 7.63. The Bertz CT molecular complexity index is 317. The number of hydrogen-bond acceptors (Lipinski definition) is 2. The molecule has 0 spiro atoms. The van der Waals surface area contributed by atoms with Gasteiger partial charge in [0.1, 0.15) is 0 Å². The average Bonchev–Trinajstić information content (AvgIpc) is 2.15. The second kappa shape index (κ2) is 5.19. The van der Waals surface area contributed by atoms with Crippen LogP contribution < -0.4 is 0 Å². The van der Waals surface area contributed by atoms with Crippen LogP contribution in [0.3, 0.4) is 0 Å². The van der Waals surface area contributed by atoms with E-state index in [9.17, 15) is 9.90 Å². The summed E-state index contributed by atoms with van der Waals surface area (Å²) in [6.45, 7) is 0. The highest BCUT2D eigenvalue weighted by Gasteiger charge is 2.04. The van der Waals surface area contributed by atoms with E-state index in [1.165, 1.54) is 6.08 Å². The van der Waals surface area contributed by atoms with E-state index in [1.54, 1.807) is 6.08 Å². The van der Waals surface area contributed by atoms with Gasteiger partial charge in [-0.05, 0) is 5.56 Å². The molecule has 0 aliphatic heterocycles. The molecule has 1 unspecified atom stereocenters. The van der Waals surface area contributed by atoms with Crippen LogP contribution >= 0.6 is 0 Å². The molecule has 0 aliphatic rings. The molecule has 0 heterocycles. The lowest BCUT2D eigenvalue weighted by atomic mass is 10.1. The first-order valence-electron chi connectivity index (χ1n) is 4.31. The minimum Gasteiger partial charge on any atom is -0.481 e. The van der Waals surface area contributed by atoms with Gasteiger partial charge in [0.15, 0.2) is 0 Å². The standard InChI is InChI=1S/C11H12O3/c12-10(8-11(13)14)7-6-9-4-2-1-3-5-9/h1-7,10,12H,8H2,(H,13,14). The zero-order chi connectivity index (χ0) is 10.4. The molecule has 2 N–H and O–H groups in total. The predicted octanol–water partition coefficient (Wildman–Crippen LogP) is 1.54. The van der Waals surface area contributed by atoms with Crippen molar-refractivity contribution in [2.24, 2.45) is 0 Å². The molecule has 0 aliphatic carbocycles.